The summed E-state index contributed by atoms with van der Waals surface area (Å²) >= 11 is 19.1. The van der Waals surface area contributed by atoms with Gasteiger partial charge in [0.15, 0.2) is 11.6 Å². The van der Waals surface area contributed by atoms with Gasteiger partial charge in [0.2, 0.25) is 20.0 Å². The quantitative estimate of drug-likeness (QED) is 0.0168. The Balaban J connectivity index is 0.000000144. The van der Waals surface area contributed by atoms with Crippen LogP contribution in [0.5, 0.6) is 28.7 Å². The third-order valence-electron chi connectivity index (χ3n) is 21.7. The molecule has 0 atom stereocenters. The Morgan fingerprint density at radius 3 is 1.28 bits per heavy atom. The van der Waals surface area contributed by atoms with Crippen molar-refractivity contribution in [3.05, 3.63) is 234 Å². The molecule has 3 aliphatic rings. The van der Waals surface area contributed by atoms with Gasteiger partial charge in [-0.25, -0.2) is 50.6 Å². The molecule has 38 heteroatoms. The van der Waals surface area contributed by atoms with E-state index in [-0.39, 0.29) is 39.1 Å². The summed E-state index contributed by atoms with van der Waals surface area (Å²) in [5.74, 6) is 2.34. The highest BCUT2D eigenvalue weighted by atomic mass is 35.5. The zero-order chi connectivity index (χ0) is 94.9. The van der Waals surface area contributed by atoms with E-state index in [0.717, 1.165) is 131 Å². The van der Waals surface area contributed by atoms with Gasteiger partial charge in [-0.1, -0.05) is 90.4 Å². The van der Waals surface area contributed by atoms with Crippen molar-refractivity contribution in [1.29, 1.82) is 0 Å². The summed E-state index contributed by atoms with van der Waals surface area (Å²) in [6.45, 7) is 17.2. The highest BCUT2D eigenvalue weighted by Gasteiger charge is 2.39. The molecule has 134 heavy (non-hydrogen) atoms. The molecular formula is C96H101Cl2FN14O15S6. The summed E-state index contributed by atoms with van der Waals surface area (Å²) in [5, 5.41) is 14.9. The van der Waals surface area contributed by atoms with Crippen LogP contribution in [-0.2, 0) is 32.9 Å². The molecule has 3 fully saturated rings. The minimum Gasteiger partial charge on any atom is -0.494 e. The maximum Gasteiger partial charge on any atom is 0.271 e. The van der Waals surface area contributed by atoms with E-state index in [9.17, 15) is 45.6 Å². The number of amides is 2. The molecule has 14 aromatic rings. The van der Waals surface area contributed by atoms with Crippen molar-refractivity contribution in [3.63, 3.8) is 0 Å². The molecule has 0 saturated heterocycles. The molecule has 0 aliphatic heterocycles. The van der Waals surface area contributed by atoms with Gasteiger partial charge in [0.1, 0.15) is 68.4 Å². The summed E-state index contributed by atoms with van der Waals surface area (Å²) < 4.78 is 95.7. The number of aromatic amines is 6. The first kappa shape index (κ1) is 98.0. The Labute approximate surface area is 799 Å². The summed E-state index contributed by atoms with van der Waals surface area (Å²) in [7, 11) is -7.73. The van der Waals surface area contributed by atoms with Crippen LogP contribution in [0.3, 0.4) is 0 Å². The molecule has 0 radical (unpaired) electrons. The molecule has 0 spiro atoms. The van der Waals surface area contributed by atoms with Gasteiger partial charge in [0.25, 0.3) is 34.1 Å². The Bertz CT molecular complexity index is 7020. The molecule has 3 saturated carbocycles. The fourth-order valence-electron chi connectivity index (χ4n) is 14.2. The minimum atomic E-state index is -3.88. The molecule has 17 rings (SSSR count). The van der Waals surface area contributed by atoms with Crippen LogP contribution in [0.25, 0.3) is 110 Å². The van der Waals surface area contributed by atoms with Crippen LogP contribution in [-0.4, -0.2) is 133 Å². The largest absolute Gasteiger partial charge is 0.494 e. The number of aryl methyl sites for hydroxylation is 2. The van der Waals surface area contributed by atoms with Crippen molar-refractivity contribution >= 4 is 100 Å². The molecule has 4 aromatic carbocycles. The van der Waals surface area contributed by atoms with E-state index >= 15 is 4.39 Å². The second-order valence-corrected chi connectivity index (χ2v) is 41.0. The van der Waals surface area contributed by atoms with Gasteiger partial charge >= 0.3 is 0 Å². The minimum absolute atomic E-state index is 0.118. The molecule has 702 valence electrons. The number of benzene rings is 4. The van der Waals surface area contributed by atoms with Crippen LogP contribution in [0, 0.1) is 5.82 Å². The van der Waals surface area contributed by atoms with E-state index < -0.39 is 54.0 Å². The van der Waals surface area contributed by atoms with Crippen molar-refractivity contribution in [1.82, 2.24) is 69.7 Å². The van der Waals surface area contributed by atoms with Gasteiger partial charge in [0, 0.05) is 98.3 Å². The Hall–Kier alpha value is -12.0. The summed E-state index contributed by atoms with van der Waals surface area (Å²) in [4.78, 5) is 113. The number of carbonyl (C=O) groups excluding carboxylic acids is 2. The molecule has 29 nitrogen and oxygen atoms in total. The number of aromatic nitrogens is 12. The highest BCUT2D eigenvalue weighted by molar-refractivity contribution is 7.91. The summed E-state index contributed by atoms with van der Waals surface area (Å²) in [5.41, 5.74) is 4.24. The number of sulfonamides is 2. The third-order valence-corrected chi connectivity index (χ3v) is 29.6. The number of ether oxygens (including phenoxy) is 5. The van der Waals surface area contributed by atoms with Crippen molar-refractivity contribution in [2.75, 3.05) is 39.3 Å². The number of H-pyrrole nitrogens is 6. The maximum atomic E-state index is 15.0. The number of nitrogens with zero attached hydrogens (tertiary/aromatic N) is 6. The van der Waals surface area contributed by atoms with Gasteiger partial charge < -0.3 is 43.6 Å². The lowest BCUT2D eigenvalue weighted by molar-refractivity contribution is 0.0971. The van der Waals surface area contributed by atoms with Crippen LogP contribution >= 0.6 is 68.5 Å². The molecule has 10 heterocycles. The predicted octanol–water partition coefficient (Wildman–Crippen LogP) is 20.8. The smallest absolute Gasteiger partial charge is 0.271 e. The predicted molar refractivity (Wildman–Crippen MR) is 527 cm³/mol. The lowest BCUT2D eigenvalue weighted by atomic mass is 10.0. The van der Waals surface area contributed by atoms with Crippen LogP contribution in [0.4, 0.5) is 4.39 Å². The average molecular weight is 1970 g/mol. The monoisotopic (exact) mass is 1970 g/mol. The number of pyridine rings is 4. The van der Waals surface area contributed by atoms with E-state index in [0.29, 0.717) is 152 Å². The molecule has 8 N–H and O–H groups in total. The molecule has 3 aliphatic carbocycles. The first-order valence-electron chi connectivity index (χ1n) is 44.3. The molecule has 0 bridgehead atoms. The normalized spacial score (nSPS) is 12.9. The van der Waals surface area contributed by atoms with E-state index in [2.05, 4.69) is 94.0 Å². The second kappa shape index (κ2) is 44.9. The molecule has 2 amide bonds. The maximum absolute atomic E-state index is 15.0. The summed E-state index contributed by atoms with van der Waals surface area (Å²) in [6.07, 6.45) is 22.3. The lowest BCUT2D eigenvalue weighted by Gasteiger charge is -2.14. The van der Waals surface area contributed by atoms with Gasteiger partial charge in [-0.05, 0) is 205 Å². The average Bonchev–Trinajstić information content (AvgIpc) is 1.52. The highest BCUT2D eigenvalue weighted by Crippen LogP contribution is 2.48. The SMILES string of the molecule is CCCCOc1ccc(-c2cc(-c3ccc(CC)s3)c(-c3ncn[nH]3)c(=O)[nH]2)c(Cl)c1.CCCCOc1ccc(-c2cc(-c3ccc(CC)s3)c(C(=O)NS(C)(=O)=O)c(=O)[nH]2)c(Cl)c1.CCCCOc1ccc(-c2cc(-c3ncc(C4CC4)s3)c(-c3ncn[nH]3)c(=O)[nH]2)c(OCC)c1.CCCCOc1ccc(-c2cc(-c3ncc(C4CC4)s3)c(C(=O)NS(=O)(=O)C3CC3)c(=O)[nH]2)c(F)c1. The fourth-order valence-corrected chi connectivity index (χ4v) is 20.6. The van der Waals surface area contributed by atoms with Gasteiger partial charge in [-0.2, -0.15) is 10.2 Å². The van der Waals surface area contributed by atoms with Crippen LogP contribution < -0.4 is 55.4 Å². The van der Waals surface area contributed by atoms with E-state index in [1.807, 2.05) is 97.1 Å². The number of halogens is 3. The molecular weight excluding hydrogens is 1870 g/mol. The second-order valence-electron chi connectivity index (χ2n) is 32.0. The first-order chi connectivity index (χ1) is 64.7. The van der Waals surface area contributed by atoms with Crippen molar-refractivity contribution in [3.8, 4) is 139 Å². The topological polar surface area (TPSA) is 413 Å². The van der Waals surface area contributed by atoms with Crippen LogP contribution in [0.15, 0.2) is 166 Å². The Morgan fingerprint density at radius 2 is 0.843 bits per heavy atom. The number of unbranched alkanes of at least 4 members (excludes halogenated alkanes) is 4. The fraction of sp³-hybridized carbons (Fsp3) is 0.333. The number of rotatable bonds is 37. The Morgan fingerprint density at radius 1 is 0.440 bits per heavy atom. The Kier molecular flexibility index (Phi) is 32.8. The number of hydrogen-bond donors (Lipinski definition) is 8. The third kappa shape index (κ3) is 24.7. The van der Waals surface area contributed by atoms with Crippen LogP contribution in [0.1, 0.15) is 190 Å². The van der Waals surface area contributed by atoms with E-state index in [4.69, 9.17) is 46.9 Å². The van der Waals surface area contributed by atoms with Crippen molar-refractivity contribution < 1.29 is 54.5 Å². The number of hydrogen-bond acceptors (Lipinski definition) is 25. The number of carbonyl (C=O) groups is 2. The van der Waals surface area contributed by atoms with Crippen molar-refractivity contribution in [2.24, 2.45) is 0 Å². The number of thiophene rings is 2. The number of thiazole rings is 2. The molecule has 10 aromatic heterocycles. The van der Waals surface area contributed by atoms with Crippen molar-refractivity contribution in [2.45, 2.75) is 168 Å². The lowest BCUT2D eigenvalue weighted by Crippen LogP contribution is -2.37. The van der Waals surface area contributed by atoms with Gasteiger partial charge in [0.05, 0.1) is 88.5 Å². The zero-order valence-corrected chi connectivity index (χ0v) is 81.2. The van der Waals surface area contributed by atoms with Gasteiger partial charge in [-0.15, -0.1) is 45.3 Å². The molecule has 0 unspecified atom stereocenters. The van der Waals surface area contributed by atoms with E-state index in [1.54, 1.807) is 65.3 Å². The number of nitrogens with one attached hydrogen (secondary N) is 8. The van der Waals surface area contributed by atoms with E-state index in [1.165, 1.54) is 76.1 Å². The van der Waals surface area contributed by atoms with Gasteiger partial charge in [-0.3, -0.25) is 39.0 Å². The summed E-state index contributed by atoms with van der Waals surface area (Å²) in [6, 6.07) is 35.6. The standard InChI is InChI=1S/C25H26FN3O5S2.C25H27N5O3S.C23H23ClN4O2S.C23H25ClN2O5S2/c1-2-3-10-34-15-6-9-17(19(26)11-15)20-12-18(25-27-13-21(35-25)14-4-5-14)22(23(30)28-20)24(31)29-36(32,33)16-7-8-16;1-3-5-10-33-16-8-9-17(20(11-16)32-4-2)19-12-18(25-26-13-21(34-25)15-6-7-15)22(24(31)29-19)23-27-14-28-30-23;1-3-5-10-30-14-6-8-16(18(24)11-14)19-12-17(20-9-7-15(4-2)31-20)21(23(29)27-19)22-25-13-26-28-22;1-4-6-11-31-14-7-9-16(18(24)12-14)19-13-17(20-10-8-15(5-2)32-20)21(22(27)25-19)23(28)26-33(3,29)30/h6,9,11-14,16H,2-5,7-8,10H2,1H3,(H,28,30)(H,29,31);8-9,11-15H,3-7,10H2,1-2H3,(H,29,31)(H,27,28,30);6-9,11-13H,3-5,10H2,1-2H3,(H,27,29)(H,25,26,28);7-10,12-13H,4-6,11H2,1-3H3,(H,25,27)(H,26,28). The first-order valence-corrected chi connectivity index (χ1v) is 51.8. The van der Waals surface area contributed by atoms with Crippen LogP contribution in [0.2, 0.25) is 10.0 Å². The zero-order valence-electron chi connectivity index (χ0n) is 74.8.